The average molecular weight is 479 g/mol. The lowest BCUT2D eigenvalue weighted by molar-refractivity contribution is -0.137. The predicted molar refractivity (Wildman–Crippen MR) is 122 cm³/mol. The summed E-state index contributed by atoms with van der Waals surface area (Å²) < 4.78 is 50.9. The number of alkyl halides is 3. The molecule has 1 N–H and O–H groups in total. The number of benzene rings is 3. The van der Waals surface area contributed by atoms with E-state index in [1.165, 1.54) is 12.1 Å². The first-order valence-electron chi connectivity index (χ1n) is 10.9. The van der Waals surface area contributed by atoms with Crippen molar-refractivity contribution >= 4 is 16.8 Å². The smallest absolute Gasteiger partial charge is 0.416 e. The molecule has 4 aromatic rings. The summed E-state index contributed by atoms with van der Waals surface area (Å²) in [4.78, 5) is 13.6. The summed E-state index contributed by atoms with van der Waals surface area (Å²) in [6, 6.07) is 16.8. The summed E-state index contributed by atoms with van der Waals surface area (Å²) >= 11 is 0. The number of hydrogen-bond donors (Lipinski definition) is 1. The Bertz CT molecular complexity index is 1420. The minimum Gasteiger partial charge on any atom is -0.437 e. The minimum atomic E-state index is -4.54. The molecule has 5 rings (SSSR count). The van der Waals surface area contributed by atoms with Gasteiger partial charge in [-0.1, -0.05) is 48.0 Å². The van der Waals surface area contributed by atoms with Crippen molar-refractivity contribution in [2.75, 3.05) is 6.61 Å². The van der Waals surface area contributed by atoms with E-state index in [0.717, 1.165) is 28.8 Å². The number of amides is 1. The molecule has 35 heavy (non-hydrogen) atoms. The summed E-state index contributed by atoms with van der Waals surface area (Å²) in [5.74, 6) is -0.803. The Morgan fingerprint density at radius 3 is 2.71 bits per heavy atom. The normalized spacial score (nSPS) is 15.5. The van der Waals surface area contributed by atoms with Gasteiger partial charge in [-0.15, -0.1) is 10.2 Å². The fraction of sp³-hybridized carbons (Fsp3) is 0.192. The molecule has 3 aromatic carbocycles. The molecular formula is C26H20F3N3O3. The Hall–Kier alpha value is -3.98. The Kier molecular flexibility index (Phi) is 5.86. The van der Waals surface area contributed by atoms with E-state index in [9.17, 15) is 18.0 Å². The number of fused-ring (bicyclic) bond motifs is 2. The second-order valence-corrected chi connectivity index (χ2v) is 8.27. The Morgan fingerprint density at radius 1 is 1.06 bits per heavy atom. The number of nitrogens with one attached hydrogen (secondary N) is 1. The molecule has 178 valence electrons. The molecule has 0 radical (unpaired) electrons. The van der Waals surface area contributed by atoms with Crippen molar-refractivity contribution in [3.8, 4) is 11.6 Å². The molecule has 0 saturated carbocycles. The van der Waals surface area contributed by atoms with Gasteiger partial charge in [-0.2, -0.15) is 13.2 Å². The van der Waals surface area contributed by atoms with Crippen molar-refractivity contribution in [1.82, 2.24) is 15.5 Å². The molecule has 0 fully saturated rings. The van der Waals surface area contributed by atoms with Crippen LogP contribution in [0.1, 0.15) is 38.7 Å². The average Bonchev–Trinajstić information content (AvgIpc) is 2.84. The summed E-state index contributed by atoms with van der Waals surface area (Å²) in [6.07, 6.45) is -4.54. The lowest BCUT2D eigenvalue weighted by Gasteiger charge is -2.27. The monoisotopic (exact) mass is 479 g/mol. The van der Waals surface area contributed by atoms with Crippen LogP contribution in [0.4, 0.5) is 13.2 Å². The first-order chi connectivity index (χ1) is 16.8. The molecule has 0 aliphatic carbocycles. The van der Waals surface area contributed by atoms with E-state index in [0.29, 0.717) is 17.5 Å². The maximum Gasteiger partial charge on any atom is 0.416 e. The Balaban J connectivity index is 1.53. The molecule has 1 aromatic heterocycles. The highest BCUT2D eigenvalue weighted by Gasteiger charge is 2.31. The molecule has 0 saturated heterocycles. The summed E-state index contributed by atoms with van der Waals surface area (Å²) in [7, 11) is 0. The van der Waals surface area contributed by atoms with E-state index >= 15 is 0 Å². The van der Waals surface area contributed by atoms with Gasteiger partial charge >= 0.3 is 6.18 Å². The maximum atomic E-state index is 13.6. The molecule has 1 aliphatic rings. The topological polar surface area (TPSA) is 73.3 Å². The zero-order chi connectivity index (χ0) is 24.6. The third-order valence-corrected chi connectivity index (χ3v) is 5.76. The molecule has 0 unspecified atom stereocenters. The quantitative estimate of drug-likeness (QED) is 0.404. The van der Waals surface area contributed by atoms with E-state index in [2.05, 4.69) is 15.5 Å². The van der Waals surface area contributed by atoms with Gasteiger partial charge in [0, 0.05) is 5.39 Å². The number of aryl methyl sites for hydroxylation is 1. The van der Waals surface area contributed by atoms with Crippen molar-refractivity contribution in [2.45, 2.75) is 25.7 Å². The number of carbonyl (C=O) groups is 1. The van der Waals surface area contributed by atoms with Crippen LogP contribution in [0.15, 0.2) is 66.7 Å². The third kappa shape index (κ3) is 4.67. The number of ether oxygens (including phenoxy) is 2. The SMILES string of the molecule is Cc1ccc2c(c1)[C@@H](NC(=O)c1c(Oc3cccc(C(F)(F)F)c3)nnc3ccccc13)COC2. The van der Waals surface area contributed by atoms with Crippen LogP contribution in [0.25, 0.3) is 10.9 Å². The van der Waals surface area contributed by atoms with Crippen LogP contribution in [0.2, 0.25) is 0 Å². The van der Waals surface area contributed by atoms with Crippen LogP contribution < -0.4 is 10.1 Å². The number of carbonyl (C=O) groups excluding carboxylic acids is 1. The van der Waals surface area contributed by atoms with Crippen molar-refractivity contribution < 1.29 is 27.4 Å². The number of nitrogens with zero attached hydrogens (tertiary/aromatic N) is 2. The Morgan fingerprint density at radius 2 is 1.89 bits per heavy atom. The van der Waals surface area contributed by atoms with Crippen molar-refractivity contribution in [1.29, 1.82) is 0 Å². The summed E-state index contributed by atoms with van der Waals surface area (Å²) in [5.41, 5.74) is 2.63. The van der Waals surface area contributed by atoms with Gasteiger partial charge in [0.25, 0.3) is 11.8 Å². The molecule has 2 heterocycles. The molecule has 1 amide bonds. The largest absolute Gasteiger partial charge is 0.437 e. The van der Waals surface area contributed by atoms with Gasteiger partial charge in [-0.25, -0.2) is 0 Å². The molecule has 0 spiro atoms. The fourth-order valence-corrected chi connectivity index (χ4v) is 4.07. The second-order valence-electron chi connectivity index (χ2n) is 8.27. The predicted octanol–water partition coefficient (Wildman–Crippen LogP) is 5.75. The lowest BCUT2D eigenvalue weighted by atomic mass is 9.96. The van der Waals surface area contributed by atoms with Crippen molar-refractivity contribution in [3.05, 3.63) is 94.5 Å². The third-order valence-electron chi connectivity index (χ3n) is 5.76. The van der Waals surface area contributed by atoms with Crippen LogP contribution in [0, 0.1) is 6.92 Å². The van der Waals surface area contributed by atoms with Gasteiger partial charge in [0.2, 0.25) is 0 Å². The molecule has 9 heteroatoms. The van der Waals surface area contributed by atoms with E-state index < -0.39 is 23.7 Å². The van der Waals surface area contributed by atoms with E-state index in [1.807, 2.05) is 25.1 Å². The molecule has 0 bridgehead atoms. The number of rotatable bonds is 4. The number of hydrogen-bond acceptors (Lipinski definition) is 5. The van der Waals surface area contributed by atoms with E-state index in [1.54, 1.807) is 24.3 Å². The van der Waals surface area contributed by atoms with E-state index in [-0.39, 0.29) is 23.8 Å². The number of halogens is 3. The standard InChI is InChI=1S/C26H20F3N3O3/c1-15-9-10-16-13-34-14-22(20(16)11-15)30-24(33)23-19-7-2-3-8-21(19)31-32-25(23)35-18-6-4-5-17(12-18)26(27,28)29/h2-12,22H,13-14H2,1H3,(H,30,33)/t22-/m0/s1. The van der Waals surface area contributed by atoms with Gasteiger partial charge in [0.15, 0.2) is 0 Å². The van der Waals surface area contributed by atoms with Gasteiger partial charge in [-0.05, 0) is 42.3 Å². The van der Waals surface area contributed by atoms with Crippen LogP contribution in [-0.4, -0.2) is 22.7 Å². The first-order valence-corrected chi connectivity index (χ1v) is 10.9. The van der Waals surface area contributed by atoms with Crippen LogP contribution in [0.5, 0.6) is 11.6 Å². The first kappa shape index (κ1) is 22.8. The molecular weight excluding hydrogens is 459 g/mol. The van der Waals surface area contributed by atoms with Crippen LogP contribution >= 0.6 is 0 Å². The van der Waals surface area contributed by atoms with Crippen LogP contribution in [0.3, 0.4) is 0 Å². The second kappa shape index (κ2) is 8.99. The highest BCUT2D eigenvalue weighted by Crippen LogP contribution is 2.34. The van der Waals surface area contributed by atoms with Gasteiger partial charge in [-0.3, -0.25) is 4.79 Å². The lowest BCUT2D eigenvalue weighted by Crippen LogP contribution is -2.34. The van der Waals surface area contributed by atoms with Crippen molar-refractivity contribution in [2.24, 2.45) is 0 Å². The molecule has 1 atom stereocenters. The van der Waals surface area contributed by atoms with Gasteiger partial charge < -0.3 is 14.8 Å². The van der Waals surface area contributed by atoms with Crippen molar-refractivity contribution in [3.63, 3.8) is 0 Å². The maximum absolute atomic E-state index is 13.6. The Labute approximate surface area is 198 Å². The summed E-state index contributed by atoms with van der Waals surface area (Å²) in [5, 5.41) is 11.5. The molecule has 6 nitrogen and oxygen atoms in total. The van der Waals surface area contributed by atoms with E-state index in [4.69, 9.17) is 9.47 Å². The van der Waals surface area contributed by atoms with Gasteiger partial charge in [0.1, 0.15) is 11.3 Å². The number of aromatic nitrogens is 2. The van der Waals surface area contributed by atoms with Gasteiger partial charge in [0.05, 0.1) is 30.3 Å². The molecule has 1 aliphatic heterocycles. The van der Waals surface area contributed by atoms with Crippen LogP contribution in [-0.2, 0) is 17.5 Å². The summed E-state index contributed by atoms with van der Waals surface area (Å²) in [6.45, 7) is 2.70. The highest BCUT2D eigenvalue weighted by molar-refractivity contribution is 6.08. The zero-order valence-corrected chi connectivity index (χ0v) is 18.6. The fourth-order valence-electron chi connectivity index (χ4n) is 4.07. The minimum absolute atomic E-state index is 0.0767. The zero-order valence-electron chi connectivity index (χ0n) is 18.6. The highest BCUT2D eigenvalue weighted by atomic mass is 19.4.